The fraction of sp³-hybridized carbons (Fsp3) is 0.0857. The Bertz CT molecular complexity index is 1650. The Morgan fingerprint density at radius 3 is 1.66 bits per heavy atom. The van der Waals surface area contributed by atoms with Crippen LogP contribution in [0.25, 0.3) is 0 Å². The van der Waals surface area contributed by atoms with Crippen molar-refractivity contribution in [3.63, 3.8) is 0 Å². The molecule has 0 N–H and O–H groups in total. The van der Waals surface area contributed by atoms with E-state index < -0.39 is 19.6 Å². The van der Waals surface area contributed by atoms with Crippen LogP contribution in [0.15, 0.2) is 127 Å². The Labute approximate surface area is 240 Å². The van der Waals surface area contributed by atoms with E-state index in [1.807, 2.05) is 92.7 Å². The predicted molar refractivity (Wildman–Crippen MR) is 162 cm³/mol. The first-order chi connectivity index (χ1) is 19.9. The molecule has 0 aliphatic rings. The van der Waals surface area contributed by atoms with E-state index in [1.165, 1.54) is 0 Å². The van der Waals surface area contributed by atoms with E-state index in [0.717, 1.165) is 11.1 Å². The number of benzene rings is 5. The zero-order valence-electron chi connectivity index (χ0n) is 22.7. The van der Waals surface area contributed by atoms with Gasteiger partial charge in [-0.05, 0) is 49.2 Å². The minimum absolute atomic E-state index is 0.210. The molecule has 0 aliphatic heterocycles. The van der Waals surface area contributed by atoms with Crippen molar-refractivity contribution in [3.05, 3.63) is 161 Å². The molecule has 0 spiro atoms. The number of carbonyl (C=O) groups is 2. The van der Waals surface area contributed by atoms with Crippen molar-refractivity contribution in [3.8, 4) is 11.5 Å². The highest BCUT2D eigenvalue weighted by Gasteiger charge is 2.28. The molecular formula is C35H29O5P. The van der Waals surface area contributed by atoms with Crippen LogP contribution in [0.3, 0.4) is 0 Å². The van der Waals surface area contributed by atoms with Crippen LogP contribution < -0.4 is 14.8 Å². The molecule has 204 valence electrons. The minimum atomic E-state index is -3.02. The van der Waals surface area contributed by atoms with Crippen molar-refractivity contribution in [2.24, 2.45) is 0 Å². The Balaban J connectivity index is 1.54. The summed E-state index contributed by atoms with van der Waals surface area (Å²) in [6.07, 6.45) is -0.958. The van der Waals surface area contributed by atoms with Crippen molar-refractivity contribution in [1.82, 2.24) is 0 Å². The standard InChI is InChI=1S/C35H29O5P/c1-24-14-13-15-25(2)32(24)34(37)41(38)31-23-12-11-22-30(31)33(36)28-20-9-10-21-29(28)35(39-26-16-5-3-6-17-26)40-27-18-7-4-8-19-27/h3-23,35,41H,1-2H3. The number of para-hydroxylation sites is 2. The molecule has 0 heterocycles. The van der Waals surface area contributed by atoms with Crippen molar-refractivity contribution in [2.75, 3.05) is 0 Å². The van der Waals surface area contributed by atoms with Crippen LogP contribution in [0.4, 0.5) is 0 Å². The van der Waals surface area contributed by atoms with Gasteiger partial charge in [-0.2, -0.15) is 0 Å². The lowest BCUT2D eigenvalue weighted by Crippen LogP contribution is -2.21. The van der Waals surface area contributed by atoms with Crippen LogP contribution in [-0.2, 0) is 4.57 Å². The highest BCUT2D eigenvalue weighted by Crippen LogP contribution is 2.33. The van der Waals surface area contributed by atoms with Gasteiger partial charge in [0.2, 0.25) is 5.52 Å². The molecule has 0 fully saturated rings. The molecule has 5 aromatic rings. The lowest BCUT2D eigenvalue weighted by molar-refractivity contribution is 0.00324. The van der Waals surface area contributed by atoms with E-state index in [9.17, 15) is 14.2 Å². The van der Waals surface area contributed by atoms with Crippen LogP contribution in [-0.4, -0.2) is 11.3 Å². The van der Waals surface area contributed by atoms with Crippen molar-refractivity contribution in [1.29, 1.82) is 0 Å². The normalized spacial score (nSPS) is 11.6. The first-order valence-corrected chi connectivity index (χ1v) is 14.7. The van der Waals surface area contributed by atoms with Gasteiger partial charge in [0.25, 0.3) is 6.29 Å². The number of hydrogen-bond acceptors (Lipinski definition) is 5. The second-order valence-corrected chi connectivity index (χ2v) is 11.2. The van der Waals surface area contributed by atoms with E-state index in [0.29, 0.717) is 28.2 Å². The maximum absolute atomic E-state index is 14.1. The van der Waals surface area contributed by atoms with E-state index in [1.54, 1.807) is 48.5 Å². The molecular weight excluding hydrogens is 531 g/mol. The van der Waals surface area contributed by atoms with Crippen molar-refractivity contribution in [2.45, 2.75) is 20.1 Å². The summed E-state index contributed by atoms with van der Waals surface area (Å²) in [6, 6.07) is 37.6. The van der Waals surface area contributed by atoms with E-state index in [2.05, 4.69) is 0 Å². The van der Waals surface area contributed by atoms with Gasteiger partial charge in [0.15, 0.2) is 13.6 Å². The Kier molecular flexibility index (Phi) is 8.57. The van der Waals surface area contributed by atoms with Gasteiger partial charge in [-0.15, -0.1) is 0 Å². The maximum Gasteiger partial charge on any atom is 0.268 e. The summed E-state index contributed by atoms with van der Waals surface area (Å²) in [7, 11) is -3.02. The maximum atomic E-state index is 14.1. The average Bonchev–Trinajstić information content (AvgIpc) is 3.01. The van der Waals surface area contributed by atoms with Gasteiger partial charge in [-0.25, -0.2) is 0 Å². The molecule has 0 saturated heterocycles. The van der Waals surface area contributed by atoms with Crippen LogP contribution in [0.5, 0.6) is 11.5 Å². The largest absolute Gasteiger partial charge is 0.451 e. The third-order valence-electron chi connectivity index (χ3n) is 6.76. The highest BCUT2D eigenvalue weighted by molar-refractivity contribution is 7.71. The molecule has 41 heavy (non-hydrogen) atoms. The zero-order valence-corrected chi connectivity index (χ0v) is 23.7. The van der Waals surface area contributed by atoms with Gasteiger partial charge in [0, 0.05) is 27.6 Å². The van der Waals surface area contributed by atoms with Crippen molar-refractivity contribution >= 4 is 24.4 Å². The van der Waals surface area contributed by atoms with Gasteiger partial charge in [-0.1, -0.05) is 103 Å². The number of ketones is 1. The lowest BCUT2D eigenvalue weighted by Gasteiger charge is -2.23. The fourth-order valence-corrected chi connectivity index (χ4v) is 6.29. The molecule has 5 aromatic carbocycles. The highest BCUT2D eigenvalue weighted by atomic mass is 31.1. The van der Waals surface area contributed by atoms with Crippen LogP contribution in [0, 0.1) is 13.8 Å². The lowest BCUT2D eigenvalue weighted by atomic mass is 9.98. The first-order valence-electron chi connectivity index (χ1n) is 13.3. The molecule has 0 aliphatic carbocycles. The molecule has 1 atom stereocenters. The topological polar surface area (TPSA) is 69.7 Å². The molecule has 6 heteroatoms. The SMILES string of the molecule is Cc1cccc(C)c1C(=O)[PH](=O)c1ccccc1C(=O)c1ccccc1C(Oc1ccccc1)Oc1ccccc1. The van der Waals surface area contributed by atoms with Crippen LogP contribution in [0.2, 0.25) is 0 Å². The number of aryl methyl sites for hydroxylation is 2. The van der Waals surface area contributed by atoms with E-state index in [4.69, 9.17) is 9.47 Å². The summed E-state index contributed by atoms with van der Waals surface area (Å²) < 4.78 is 26.2. The summed E-state index contributed by atoms with van der Waals surface area (Å²) in [5.41, 5.74) is 2.51. The van der Waals surface area contributed by atoms with E-state index in [-0.39, 0.29) is 16.7 Å². The van der Waals surface area contributed by atoms with E-state index >= 15 is 0 Å². The molecule has 0 amide bonds. The smallest absolute Gasteiger partial charge is 0.268 e. The van der Waals surface area contributed by atoms with Crippen LogP contribution in [0.1, 0.15) is 49.3 Å². The fourth-order valence-electron chi connectivity index (χ4n) is 4.74. The predicted octanol–water partition coefficient (Wildman–Crippen LogP) is 7.72. The van der Waals surface area contributed by atoms with Gasteiger partial charge >= 0.3 is 0 Å². The zero-order chi connectivity index (χ0) is 28.8. The Morgan fingerprint density at radius 1 is 0.585 bits per heavy atom. The van der Waals surface area contributed by atoms with Gasteiger partial charge in [-0.3, -0.25) is 9.59 Å². The second-order valence-electron chi connectivity index (χ2n) is 9.58. The third-order valence-corrected chi connectivity index (χ3v) is 8.35. The Morgan fingerprint density at radius 2 is 1.07 bits per heavy atom. The quantitative estimate of drug-likeness (QED) is 0.0994. The monoisotopic (exact) mass is 560 g/mol. The summed E-state index contributed by atoms with van der Waals surface area (Å²) in [4.78, 5) is 27.6. The molecule has 0 saturated carbocycles. The molecule has 0 radical (unpaired) electrons. The summed E-state index contributed by atoms with van der Waals surface area (Å²) in [5, 5.41) is 0.231. The van der Waals surface area contributed by atoms with Crippen molar-refractivity contribution < 1.29 is 23.6 Å². The third kappa shape index (κ3) is 6.21. The van der Waals surface area contributed by atoms with Gasteiger partial charge in [0.05, 0.1) is 0 Å². The summed E-state index contributed by atoms with van der Waals surface area (Å²) >= 11 is 0. The number of rotatable bonds is 10. The molecule has 5 rings (SSSR count). The first kappa shape index (κ1) is 27.8. The summed E-state index contributed by atoms with van der Waals surface area (Å²) in [5.74, 6) is 0.767. The minimum Gasteiger partial charge on any atom is -0.451 e. The number of ether oxygens (including phenoxy) is 2. The Hall–Kier alpha value is -4.73. The van der Waals surface area contributed by atoms with Gasteiger partial charge in [0.1, 0.15) is 11.5 Å². The number of carbonyl (C=O) groups excluding carboxylic acids is 2. The average molecular weight is 561 g/mol. The molecule has 5 nitrogen and oxygen atoms in total. The molecule has 0 bridgehead atoms. The molecule has 1 unspecified atom stereocenters. The summed E-state index contributed by atoms with van der Waals surface area (Å²) in [6.45, 7) is 3.64. The van der Waals surface area contributed by atoms with Crippen LogP contribution >= 0.6 is 7.80 Å². The van der Waals surface area contributed by atoms with Gasteiger partial charge < -0.3 is 14.0 Å². The second kappa shape index (κ2) is 12.6. The molecule has 0 aromatic heterocycles. The number of hydrogen-bond donors (Lipinski definition) is 0.